The van der Waals surface area contributed by atoms with E-state index in [0.717, 1.165) is 35.7 Å². The Morgan fingerprint density at radius 3 is 2.75 bits per heavy atom. The minimum atomic E-state index is -1.02. The van der Waals surface area contributed by atoms with Crippen LogP contribution in [-0.2, 0) is 16.0 Å². The second-order valence-corrected chi connectivity index (χ2v) is 9.54. The minimum Gasteiger partial charge on any atom is -0.491 e. The topological polar surface area (TPSA) is 109 Å². The summed E-state index contributed by atoms with van der Waals surface area (Å²) in [5.74, 6) is 2.00. The number of nitrogens with one attached hydrogen (secondary N) is 2. The fourth-order valence-electron chi connectivity index (χ4n) is 4.88. The summed E-state index contributed by atoms with van der Waals surface area (Å²) in [4.78, 5) is 41.7. The predicted octanol–water partition coefficient (Wildman–Crippen LogP) is 2.77. The van der Waals surface area contributed by atoms with E-state index in [-0.39, 0.29) is 17.9 Å². The van der Waals surface area contributed by atoms with Gasteiger partial charge in [0.25, 0.3) is 0 Å². The van der Waals surface area contributed by atoms with Gasteiger partial charge in [0.15, 0.2) is 0 Å². The van der Waals surface area contributed by atoms with Crippen molar-refractivity contribution in [2.45, 2.75) is 44.6 Å². The van der Waals surface area contributed by atoms with Crippen LogP contribution in [0.3, 0.4) is 0 Å². The van der Waals surface area contributed by atoms with Crippen LogP contribution in [0.1, 0.15) is 37.7 Å². The van der Waals surface area contributed by atoms with E-state index in [0.29, 0.717) is 49.3 Å². The molecule has 2 aromatic rings. The third-order valence-corrected chi connectivity index (χ3v) is 6.91. The van der Waals surface area contributed by atoms with E-state index in [1.165, 1.54) is 0 Å². The third kappa shape index (κ3) is 3.78. The average Bonchev–Trinajstić information content (AvgIpc) is 3.45. The summed E-state index contributed by atoms with van der Waals surface area (Å²) in [5, 5.41) is 5.98. The summed E-state index contributed by atoms with van der Waals surface area (Å²) in [6.45, 7) is 1.16. The average molecular weight is 548 g/mol. The number of carbonyl (C=O) groups excluding carboxylic acids is 2. The number of alkyl halides is 1. The smallest absolute Gasteiger partial charge is 0.244 e. The van der Waals surface area contributed by atoms with Crippen LogP contribution in [-0.4, -0.2) is 50.4 Å². The quantitative estimate of drug-likeness (QED) is 0.325. The highest BCUT2D eigenvalue weighted by Crippen LogP contribution is 2.44. The first-order valence-electron chi connectivity index (χ1n) is 11.0. The van der Waals surface area contributed by atoms with Gasteiger partial charge in [0.1, 0.15) is 22.8 Å². The number of anilines is 3. The number of aromatic nitrogens is 3. The maximum atomic E-state index is 13.7. The monoisotopic (exact) mass is 548 g/mol. The molecule has 0 bridgehead atoms. The van der Waals surface area contributed by atoms with Gasteiger partial charge in [-0.15, -0.1) is 0 Å². The van der Waals surface area contributed by atoms with E-state index in [9.17, 15) is 9.59 Å². The maximum Gasteiger partial charge on any atom is 0.244 e. The highest BCUT2D eigenvalue weighted by atomic mass is 127. The Labute approximate surface area is 199 Å². The SMILES string of the molecule is O=C1NCC[C@@]12Cc1cnc(Nc3ccc(OCCI)cn3)nc1N(C1CCCC1)C2=O. The summed E-state index contributed by atoms with van der Waals surface area (Å²) in [6.07, 6.45) is 8.27. The molecule has 32 heavy (non-hydrogen) atoms. The lowest BCUT2D eigenvalue weighted by Gasteiger charge is -2.40. The molecule has 1 atom stereocenters. The van der Waals surface area contributed by atoms with Crippen molar-refractivity contribution in [3.8, 4) is 5.75 Å². The number of hydrogen-bond acceptors (Lipinski definition) is 7. The summed E-state index contributed by atoms with van der Waals surface area (Å²) in [6, 6.07) is 3.72. The molecular formula is C22H25IN6O3. The van der Waals surface area contributed by atoms with Crippen LogP contribution in [0.5, 0.6) is 5.75 Å². The van der Waals surface area contributed by atoms with Gasteiger partial charge in [-0.2, -0.15) is 4.98 Å². The zero-order chi connectivity index (χ0) is 22.1. The number of fused-ring (bicyclic) bond motifs is 1. The minimum absolute atomic E-state index is 0.0713. The van der Waals surface area contributed by atoms with Crippen molar-refractivity contribution < 1.29 is 14.3 Å². The van der Waals surface area contributed by atoms with E-state index in [1.54, 1.807) is 17.3 Å². The number of halogens is 1. The lowest BCUT2D eigenvalue weighted by atomic mass is 9.76. The van der Waals surface area contributed by atoms with Gasteiger partial charge in [-0.1, -0.05) is 35.4 Å². The zero-order valence-corrected chi connectivity index (χ0v) is 19.8. The van der Waals surface area contributed by atoms with Crippen molar-refractivity contribution in [1.29, 1.82) is 0 Å². The van der Waals surface area contributed by atoms with Crippen LogP contribution in [0.4, 0.5) is 17.6 Å². The Balaban J connectivity index is 1.44. The molecule has 10 heteroatoms. The number of pyridine rings is 1. The standard InChI is InChI=1S/C22H25IN6O3/c23-8-10-32-16-5-6-17(25-13-16)27-21-26-12-14-11-22(7-9-24-19(22)30)20(31)29(18(14)28-21)15-3-1-2-4-15/h5-6,12-13,15H,1-4,7-11H2,(H,24,30)(H,25,26,27,28)/t22-/m1/s1. The van der Waals surface area contributed by atoms with Gasteiger partial charge < -0.3 is 15.4 Å². The van der Waals surface area contributed by atoms with E-state index in [2.05, 4.69) is 43.2 Å². The molecule has 1 saturated carbocycles. The molecule has 5 rings (SSSR count). The molecule has 9 nitrogen and oxygen atoms in total. The van der Waals surface area contributed by atoms with Crippen molar-refractivity contribution in [3.05, 3.63) is 30.1 Å². The molecule has 0 unspecified atom stereocenters. The molecule has 0 radical (unpaired) electrons. The summed E-state index contributed by atoms with van der Waals surface area (Å²) in [7, 11) is 0. The Hall–Kier alpha value is -2.50. The van der Waals surface area contributed by atoms with Gasteiger partial charge in [-0.3, -0.25) is 14.5 Å². The lowest BCUT2D eigenvalue weighted by molar-refractivity contribution is -0.140. The molecule has 2 aliphatic heterocycles. The molecule has 1 spiro atoms. The van der Waals surface area contributed by atoms with Crippen molar-refractivity contribution in [3.63, 3.8) is 0 Å². The van der Waals surface area contributed by atoms with Crippen molar-refractivity contribution in [2.24, 2.45) is 5.41 Å². The van der Waals surface area contributed by atoms with Crippen LogP contribution in [0.15, 0.2) is 24.5 Å². The van der Waals surface area contributed by atoms with Gasteiger partial charge in [0.2, 0.25) is 17.8 Å². The van der Waals surface area contributed by atoms with E-state index in [4.69, 9.17) is 9.72 Å². The third-order valence-electron chi connectivity index (χ3n) is 6.47. The van der Waals surface area contributed by atoms with Gasteiger partial charge in [0.05, 0.1) is 12.8 Å². The van der Waals surface area contributed by atoms with Crippen molar-refractivity contribution >= 4 is 52.0 Å². The number of hydrogen-bond donors (Lipinski definition) is 2. The Kier molecular flexibility index (Phi) is 5.87. The van der Waals surface area contributed by atoms with E-state index in [1.807, 2.05) is 12.1 Å². The molecule has 2 aromatic heterocycles. The normalized spacial score (nSPS) is 22.8. The molecule has 168 valence electrons. The zero-order valence-electron chi connectivity index (χ0n) is 17.6. The van der Waals surface area contributed by atoms with Gasteiger partial charge >= 0.3 is 0 Å². The maximum absolute atomic E-state index is 13.7. The Morgan fingerprint density at radius 1 is 1.22 bits per heavy atom. The molecule has 1 saturated heterocycles. The molecule has 2 amide bonds. The fourth-order valence-corrected chi connectivity index (χ4v) is 5.10. The predicted molar refractivity (Wildman–Crippen MR) is 127 cm³/mol. The molecule has 2 fully saturated rings. The highest BCUT2D eigenvalue weighted by Gasteiger charge is 2.56. The van der Waals surface area contributed by atoms with Gasteiger partial charge in [-0.05, 0) is 31.4 Å². The fraction of sp³-hybridized carbons (Fsp3) is 0.500. The highest BCUT2D eigenvalue weighted by molar-refractivity contribution is 14.1. The first-order valence-corrected chi connectivity index (χ1v) is 12.5. The number of rotatable bonds is 6. The number of ether oxygens (including phenoxy) is 1. The molecule has 4 heterocycles. The van der Waals surface area contributed by atoms with Crippen molar-refractivity contribution in [2.75, 3.05) is 27.8 Å². The lowest BCUT2D eigenvalue weighted by Crippen LogP contribution is -2.56. The van der Waals surface area contributed by atoms with E-state index >= 15 is 0 Å². The van der Waals surface area contributed by atoms with Gasteiger partial charge in [0, 0.05) is 35.2 Å². The molecule has 3 aliphatic rings. The van der Waals surface area contributed by atoms with Crippen molar-refractivity contribution in [1.82, 2.24) is 20.3 Å². The molecule has 0 aromatic carbocycles. The summed E-state index contributed by atoms with van der Waals surface area (Å²) >= 11 is 2.26. The van der Waals surface area contributed by atoms with Crippen LogP contribution in [0, 0.1) is 5.41 Å². The number of nitrogens with zero attached hydrogens (tertiary/aromatic N) is 4. The first-order chi connectivity index (χ1) is 15.6. The second kappa shape index (κ2) is 8.80. The Bertz CT molecular complexity index is 1030. The number of carbonyl (C=O) groups is 2. The van der Waals surface area contributed by atoms with E-state index < -0.39 is 5.41 Å². The largest absolute Gasteiger partial charge is 0.491 e. The van der Waals surface area contributed by atoms with Crippen LogP contribution in [0.2, 0.25) is 0 Å². The molecular weight excluding hydrogens is 523 g/mol. The summed E-state index contributed by atoms with van der Waals surface area (Å²) in [5.41, 5.74) is -0.182. The van der Waals surface area contributed by atoms with Crippen LogP contribution in [0.25, 0.3) is 0 Å². The second-order valence-electron chi connectivity index (χ2n) is 8.46. The first kappa shape index (κ1) is 21.4. The molecule has 1 aliphatic carbocycles. The summed E-state index contributed by atoms with van der Waals surface area (Å²) < 4.78 is 6.47. The van der Waals surface area contributed by atoms with Gasteiger partial charge in [-0.25, -0.2) is 9.97 Å². The molecule has 2 N–H and O–H groups in total. The van der Waals surface area contributed by atoms with Crippen LogP contribution >= 0.6 is 22.6 Å². The Morgan fingerprint density at radius 2 is 2.06 bits per heavy atom. The number of amides is 2. The van der Waals surface area contributed by atoms with Crippen LogP contribution < -0.4 is 20.3 Å².